The van der Waals surface area contributed by atoms with Crippen molar-refractivity contribution >= 4 is 5.78 Å². The van der Waals surface area contributed by atoms with Gasteiger partial charge < -0.3 is 15.3 Å². The fourth-order valence-corrected chi connectivity index (χ4v) is 2.83. The second kappa shape index (κ2) is 4.46. The predicted octanol–water partition coefficient (Wildman–Crippen LogP) is 1.19. The molecule has 3 N–H and O–H groups in total. The van der Waals surface area contributed by atoms with Gasteiger partial charge in [-0.3, -0.25) is 4.79 Å². The summed E-state index contributed by atoms with van der Waals surface area (Å²) in [6, 6.07) is 1.74. The minimum atomic E-state index is -0.990. The number of hydrogen-bond acceptors (Lipinski definition) is 4. The number of carbonyl (C=O) groups is 1. The number of aliphatic hydroxyl groups excluding tert-OH is 3. The molecule has 1 aromatic rings. The lowest BCUT2D eigenvalue weighted by molar-refractivity contribution is 0.0790. The molecule has 0 heterocycles. The Bertz CT molecular complexity index is 507. The molecular weight excluding hydrogens is 232 g/mol. The fourth-order valence-electron chi connectivity index (χ4n) is 2.83. The van der Waals surface area contributed by atoms with Crippen molar-refractivity contribution < 1.29 is 20.1 Å². The lowest BCUT2D eigenvalue weighted by Gasteiger charge is -2.18. The van der Waals surface area contributed by atoms with Crippen molar-refractivity contribution in [2.24, 2.45) is 5.92 Å². The van der Waals surface area contributed by atoms with Gasteiger partial charge in [-0.05, 0) is 36.1 Å². The first-order valence-corrected chi connectivity index (χ1v) is 6.05. The van der Waals surface area contributed by atoms with Crippen molar-refractivity contribution in [1.82, 2.24) is 0 Å². The summed E-state index contributed by atoms with van der Waals surface area (Å²) in [6.45, 7) is 4.88. The number of fused-ring (bicyclic) bond motifs is 1. The van der Waals surface area contributed by atoms with Crippen molar-refractivity contribution in [1.29, 1.82) is 0 Å². The zero-order valence-electron chi connectivity index (χ0n) is 10.8. The van der Waals surface area contributed by atoms with Crippen LogP contribution < -0.4 is 0 Å². The van der Waals surface area contributed by atoms with Crippen molar-refractivity contribution in [3.8, 4) is 0 Å². The zero-order chi connectivity index (χ0) is 13.6. The number of benzene rings is 1. The molecule has 3 atom stereocenters. The predicted molar refractivity (Wildman–Crippen MR) is 66.4 cm³/mol. The van der Waals surface area contributed by atoms with E-state index in [0.717, 1.165) is 5.56 Å². The van der Waals surface area contributed by atoms with Crippen LogP contribution in [0.5, 0.6) is 0 Å². The molecule has 0 fully saturated rings. The number of rotatable bonds is 2. The molecule has 0 saturated carbocycles. The van der Waals surface area contributed by atoms with Gasteiger partial charge in [-0.25, -0.2) is 0 Å². The highest BCUT2D eigenvalue weighted by Gasteiger charge is 2.38. The largest absolute Gasteiger partial charge is 0.393 e. The minimum Gasteiger partial charge on any atom is -0.393 e. The van der Waals surface area contributed by atoms with Gasteiger partial charge in [0.15, 0.2) is 5.78 Å². The second-order valence-electron chi connectivity index (χ2n) is 4.99. The molecule has 0 radical (unpaired) electrons. The van der Waals surface area contributed by atoms with Gasteiger partial charge in [-0.1, -0.05) is 13.0 Å². The summed E-state index contributed by atoms with van der Waals surface area (Å²) in [4.78, 5) is 12.1. The summed E-state index contributed by atoms with van der Waals surface area (Å²) in [5.41, 5.74) is 3.18. The smallest absolute Gasteiger partial charge is 0.169 e. The molecule has 1 aliphatic rings. The van der Waals surface area contributed by atoms with Gasteiger partial charge in [0.05, 0.1) is 12.7 Å². The third-order valence-corrected chi connectivity index (χ3v) is 3.82. The summed E-state index contributed by atoms with van der Waals surface area (Å²) < 4.78 is 0. The average Bonchev–Trinajstić information content (AvgIpc) is 2.54. The number of carbonyl (C=O) groups excluding carboxylic acids is 1. The third kappa shape index (κ3) is 1.68. The summed E-state index contributed by atoms with van der Waals surface area (Å²) in [5.74, 6) is -0.541. The SMILES string of the molecule is Cc1cc2c(c(C)c1C(O)CO)C(=O)[C@@H](C)[C@@H]2O. The molecule has 0 spiro atoms. The third-order valence-electron chi connectivity index (χ3n) is 3.82. The summed E-state index contributed by atoms with van der Waals surface area (Å²) in [5, 5.41) is 28.9. The molecule has 98 valence electrons. The Labute approximate surface area is 106 Å². The summed E-state index contributed by atoms with van der Waals surface area (Å²) in [7, 11) is 0. The molecule has 0 aromatic heterocycles. The highest BCUT2D eigenvalue weighted by atomic mass is 16.3. The van der Waals surface area contributed by atoms with Crippen LogP contribution in [0.4, 0.5) is 0 Å². The molecule has 1 aromatic carbocycles. The molecule has 4 nitrogen and oxygen atoms in total. The van der Waals surface area contributed by atoms with Gasteiger partial charge in [0.1, 0.15) is 6.10 Å². The number of aryl methyl sites for hydroxylation is 1. The maximum absolute atomic E-state index is 12.1. The minimum absolute atomic E-state index is 0.0959. The van der Waals surface area contributed by atoms with Crippen molar-refractivity contribution in [2.75, 3.05) is 6.61 Å². The van der Waals surface area contributed by atoms with E-state index in [9.17, 15) is 15.0 Å². The van der Waals surface area contributed by atoms with Gasteiger partial charge in [-0.2, -0.15) is 0 Å². The maximum Gasteiger partial charge on any atom is 0.169 e. The lowest BCUT2D eigenvalue weighted by Crippen LogP contribution is -2.11. The van der Waals surface area contributed by atoms with E-state index in [4.69, 9.17) is 5.11 Å². The van der Waals surface area contributed by atoms with Gasteiger partial charge in [-0.15, -0.1) is 0 Å². The maximum atomic E-state index is 12.1. The highest BCUT2D eigenvalue weighted by Crippen LogP contribution is 2.40. The zero-order valence-corrected chi connectivity index (χ0v) is 10.8. The monoisotopic (exact) mass is 250 g/mol. The van der Waals surface area contributed by atoms with E-state index in [1.807, 2.05) is 6.92 Å². The molecule has 0 saturated heterocycles. The molecular formula is C14H18O4. The Hall–Kier alpha value is -1.23. The van der Waals surface area contributed by atoms with Gasteiger partial charge in [0, 0.05) is 11.5 Å². The van der Waals surface area contributed by atoms with Crippen LogP contribution in [0.3, 0.4) is 0 Å². The van der Waals surface area contributed by atoms with E-state index in [-0.39, 0.29) is 12.4 Å². The number of aliphatic hydroxyl groups is 3. The molecule has 2 rings (SSSR count). The van der Waals surface area contributed by atoms with Crippen LogP contribution in [0.2, 0.25) is 0 Å². The first-order valence-electron chi connectivity index (χ1n) is 6.05. The van der Waals surface area contributed by atoms with E-state index >= 15 is 0 Å². The van der Waals surface area contributed by atoms with Crippen LogP contribution in [-0.4, -0.2) is 27.7 Å². The first-order chi connectivity index (χ1) is 8.40. The second-order valence-corrected chi connectivity index (χ2v) is 4.99. The van der Waals surface area contributed by atoms with Crippen LogP contribution in [0, 0.1) is 19.8 Å². The van der Waals surface area contributed by atoms with Crippen LogP contribution in [0.25, 0.3) is 0 Å². The van der Waals surface area contributed by atoms with Crippen LogP contribution >= 0.6 is 0 Å². The summed E-state index contributed by atoms with van der Waals surface area (Å²) in [6.07, 6.45) is -1.76. The molecule has 1 aliphatic carbocycles. The van der Waals surface area contributed by atoms with E-state index in [2.05, 4.69) is 0 Å². The van der Waals surface area contributed by atoms with Crippen molar-refractivity contribution in [3.63, 3.8) is 0 Å². The summed E-state index contributed by atoms with van der Waals surface area (Å²) >= 11 is 0. The van der Waals surface area contributed by atoms with E-state index in [1.165, 1.54) is 0 Å². The number of hydrogen-bond donors (Lipinski definition) is 3. The normalized spacial score (nSPS) is 24.2. The van der Waals surface area contributed by atoms with E-state index < -0.39 is 18.1 Å². The average molecular weight is 250 g/mol. The van der Waals surface area contributed by atoms with Crippen molar-refractivity contribution in [2.45, 2.75) is 33.0 Å². The molecule has 0 bridgehead atoms. The number of ketones is 1. The fraction of sp³-hybridized carbons (Fsp3) is 0.500. The molecule has 0 amide bonds. The van der Waals surface area contributed by atoms with Crippen LogP contribution in [-0.2, 0) is 0 Å². The topological polar surface area (TPSA) is 77.8 Å². The van der Waals surface area contributed by atoms with Crippen molar-refractivity contribution in [3.05, 3.63) is 33.9 Å². The first kappa shape index (κ1) is 13.2. The Balaban J connectivity index is 2.69. The standard InChI is InChI=1S/C14H18O4/c1-6-4-9-12(14(18)8(3)13(9)17)7(2)11(6)10(16)5-15/h4,8,10,13,15-17H,5H2,1-3H3/t8-,10?,13-/m0/s1. The molecule has 4 heteroatoms. The molecule has 18 heavy (non-hydrogen) atoms. The Morgan fingerprint density at radius 1 is 1.39 bits per heavy atom. The molecule has 1 unspecified atom stereocenters. The quantitative estimate of drug-likeness (QED) is 0.737. The Kier molecular flexibility index (Phi) is 3.27. The van der Waals surface area contributed by atoms with Gasteiger partial charge in [0.25, 0.3) is 0 Å². The van der Waals surface area contributed by atoms with Crippen LogP contribution in [0.15, 0.2) is 6.07 Å². The van der Waals surface area contributed by atoms with E-state index in [0.29, 0.717) is 22.3 Å². The lowest BCUT2D eigenvalue weighted by atomic mass is 9.91. The Morgan fingerprint density at radius 3 is 2.56 bits per heavy atom. The van der Waals surface area contributed by atoms with E-state index in [1.54, 1.807) is 19.9 Å². The highest BCUT2D eigenvalue weighted by molar-refractivity contribution is 6.04. The number of Topliss-reactive ketones (excluding diaryl/α,β-unsaturated/α-hetero) is 1. The van der Waals surface area contributed by atoms with Gasteiger partial charge in [0.2, 0.25) is 0 Å². The van der Waals surface area contributed by atoms with Crippen LogP contribution in [0.1, 0.15) is 51.7 Å². The Morgan fingerprint density at radius 2 is 2.00 bits per heavy atom. The molecule has 0 aliphatic heterocycles. The van der Waals surface area contributed by atoms with Gasteiger partial charge >= 0.3 is 0 Å².